The maximum atomic E-state index is 12.1. The first-order valence-corrected chi connectivity index (χ1v) is 6.02. The molecule has 0 aliphatic carbocycles. The van der Waals surface area contributed by atoms with Crippen LogP contribution in [0.5, 0.6) is 0 Å². The summed E-state index contributed by atoms with van der Waals surface area (Å²) in [6, 6.07) is 1.21. The molecule has 0 saturated carbocycles. The van der Waals surface area contributed by atoms with Gasteiger partial charge in [-0.25, -0.2) is 9.97 Å². The Hall–Kier alpha value is -2.48. The fraction of sp³-hybridized carbons (Fsp3) is 0.182. The number of hydrogen-bond acceptors (Lipinski definition) is 5. The van der Waals surface area contributed by atoms with Crippen LogP contribution < -0.4 is 5.32 Å². The molecule has 9 heteroatoms. The molecule has 104 valence electrons. The van der Waals surface area contributed by atoms with E-state index in [4.69, 9.17) is 11.6 Å². The van der Waals surface area contributed by atoms with Crippen molar-refractivity contribution in [2.75, 3.05) is 5.32 Å². The molecule has 2 rings (SSSR count). The average molecular weight is 296 g/mol. The monoisotopic (exact) mass is 295 g/mol. The van der Waals surface area contributed by atoms with Crippen LogP contribution in [-0.4, -0.2) is 25.4 Å². The van der Waals surface area contributed by atoms with Crippen molar-refractivity contribution in [2.24, 2.45) is 0 Å². The lowest BCUT2D eigenvalue weighted by molar-refractivity contribution is -0.384. The van der Waals surface area contributed by atoms with E-state index in [1.807, 2.05) is 0 Å². The Morgan fingerprint density at radius 2 is 2.25 bits per heavy atom. The zero-order valence-corrected chi connectivity index (χ0v) is 11.2. The summed E-state index contributed by atoms with van der Waals surface area (Å²) < 4.78 is 1.48. The van der Waals surface area contributed by atoms with Crippen LogP contribution in [0.15, 0.2) is 24.7 Å². The fourth-order valence-corrected chi connectivity index (χ4v) is 1.70. The molecule has 0 unspecified atom stereocenters. The second kappa shape index (κ2) is 5.66. The van der Waals surface area contributed by atoms with Crippen molar-refractivity contribution in [1.29, 1.82) is 0 Å². The van der Waals surface area contributed by atoms with Crippen molar-refractivity contribution in [3.8, 4) is 0 Å². The summed E-state index contributed by atoms with van der Waals surface area (Å²) in [4.78, 5) is 29.9. The number of carbonyl (C=O) groups excluding carboxylic acids is 1. The molecule has 2 heterocycles. The van der Waals surface area contributed by atoms with Crippen molar-refractivity contribution < 1.29 is 9.72 Å². The molecule has 2 aromatic rings. The van der Waals surface area contributed by atoms with Gasteiger partial charge in [0.25, 0.3) is 11.6 Å². The summed E-state index contributed by atoms with van der Waals surface area (Å²) in [5.74, 6) is -0.289. The van der Waals surface area contributed by atoms with Gasteiger partial charge in [0.05, 0.1) is 23.5 Å². The molecule has 8 nitrogen and oxygen atoms in total. The summed E-state index contributed by atoms with van der Waals surface area (Å²) in [6.07, 6.45) is 3.90. The van der Waals surface area contributed by atoms with Crippen LogP contribution in [0.1, 0.15) is 17.4 Å². The van der Waals surface area contributed by atoms with E-state index >= 15 is 0 Å². The second-order valence-electron chi connectivity index (χ2n) is 3.81. The van der Waals surface area contributed by atoms with Gasteiger partial charge >= 0.3 is 0 Å². The lowest BCUT2D eigenvalue weighted by atomic mass is 10.3. The number of anilines is 1. The fourth-order valence-electron chi connectivity index (χ4n) is 1.60. The van der Waals surface area contributed by atoms with Gasteiger partial charge in [0.15, 0.2) is 5.82 Å². The van der Waals surface area contributed by atoms with Gasteiger partial charge in [0.2, 0.25) is 0 Å². The number of aryl methyl sites for hydroxylation is 1. The number of nitrogens with zero attached hydrogens (tertiary/aromatic N) is 4. The maximum Gasteiger partial charge on any atom is 0.287 e. The lowest BCUT2D eigenvalue weighted by Gasteiger charge is -2.06. The van der Waals surface area contributed by atoms with E-state index in [0.717, 1.165) is 0 Å². The third-order valence-electron chi connectivity index (χ3n) is 2.53. The number of nitro groups is 1. The zero-order valence-electron chi connectivity index (χ0n) is 10.4. The Morgan fingerprint density at radius 1 is 1.50 bits per heavy atom. The smallest absolute Gasteiger partial charge is 0.287 e. The minimum Gasteiger partial charge on any atom is -0.337 e. The van der Waals surface area contributed by atoms with Crippen LogP contribution in [0, 0.1) is 10.1 Å². The molecule has 0 aromatic carbocycles. The average Bonchev–Trinajstić information content (AvgIpc) is 2.86. The number of aromatic nitrogens is 3. The number of hydrogen-bond donors (Lipinski definition) is 1. The molecule has 0 atom stereocenters. The Morgan fingerprint density at radius 3 is 2.80 bits per heavy atom. The largest absolute Gasteiger partial charge is 0.337 e. The van der Waals surface area contributed by atoms with Crippen molar-refractivity contribution in [2.45, 2.75) is 13.5 Å². The third kappa shape index (κ3) is 2.91. The van der Waals surface area contributed by atoms with Crippen LogP contribution in [0.4, 0.5) is 11.5 Å². The molecule has 0 radical (unpaired) electrons. The van der Waals surface area contributed by atoms with Crippen molar-refractivity contribution >= 4 is 29.0 Å². The molecular weight excluding hydrogens is 286 g/mol. The topological polar surface area (TPSA) is 103 Å². The summed E-state index contributed by atoms with van der Waals surface area (Å²) in [7, 11) is 0. The molecule has 0 saturated heterocycles. The standard InChI is InChI=1S/C11H10ClN5O3/c1-2-16-6-7(17(19)20)3-8(16)11(18)15-10-5-13-9(12)4-14-10/h3-6H,2H2,1H3,(H,14,15,18). The highest BCUT2D eigenvalue weighted by Gasteiger charge is 2.19. The molecule has 0 spiro atoms. The Balaban J connectivity index is 2.24. The number of rotatable bonds is 4. The molecule has 2 aromatic heterocycles. The first kappa shape index (κ1) is 13.9. The van der Waals surface area contributed by atoms with Gasteiger partial charge in [-0.1, -0.05) is 11.6 Å². The quantitative estimate of drug-likeness (QED) is 0.687. The van der Waals surface area contributed by atoms with Gasteiger partial charge in [0.1, 0.15) is 10.8 Å². The SMILES string of the molecule is CCn1cc([N+](=O)[O-])cc1C(=O)Nc1cnc(Cl)cn1. The number of nitrogens with one attached hydrogen (secondary N) is 1. The van der Waals surface area contributed by atoms with Crippen LogP contribution >= 0.6 is 11.6 Å². The summed E-state index contributed by atoms with van der Waals surface area (Å²) in [6.45, 7) is 2.21. The number of halogens is 1. The molecule has 0 aliphatic heterocycles. The molecular formula is C11H10ClN5O3. The normalized spacial score (nSPS) is 10.3. The molecule has 0 aliphatic rings. The summed E-state index contributed by atoms with van der Waals surface area (Å²) in [5, 5.41) is 13.4. The maximum absolute atomic E-state index is 12.1. The van der Waals surface area contributed by atoms with E-state index in [1.54, 1.807) is 6.92 Å². The van der Waals surface area contributed by atoms with Crippen LogP contribution in [-0.2, 0) is 6.54 Å². The first-order valence-electron chi connectivity index (χ1n) is 5.64. The third-order valence-corrected chi connectivity index (χ3v) is 2.72. The van der Waals surface area contributed by atoms with Crippen LogP contribution in [0.2, 0.25) is 5.15 Å². The minimum atomic E-state index is -0.551. The predicted octanol–water partition coefficient (Wildman–Crippen LogP) is 2.11. The summed E-state index contributed by atoms with van der Waals surface area (Å²) in [5.41, 5.74) is 0.0372. The molecule has 0 bridgehead atoms. The van der Waals surface area contributed by atoms with E-state index in [9.17, 15) is 14.9 Å². The van der Waals surface area contributed by atoms with Crippen molar-refractivity contribution in [3.63, 3.8) is 0 Å². The van der Waals surface area contributed by atoms with Gasteiger partial charge < -0.3 is 9.88 Å². The van der Waals surface area contributed by atoms with Crippen LogP contribution in [0.25, 0.3) is 0 Å². The molecule has 1 amide bonds. The highest BCUT2D eigenvalue weighted by molar-refractivity contribution is 6.29. The number of carbonyl (C=O) groups is 1. The first-order chi connectivity index (χ1) is 9.51. The van der Waals surface area contributed by atoms with Gasteiger partial charge in [-0.2, -0.15) is 0 Å². The molecule has 1 N–H and O–H groups in total. The van der Waals surface area contributed by atoms with Gasteiger partial charge in [0, 0.05) is 12.6 Å². The summed E-state index contributed by atoms with van der Waals surface area (Å²) >= 11 is 5.59. The zero-order chi connectivity index (χ0) is 14.7. The second-order valence-corrected chi connectivity index (χ2v) is 4.19. The van der Waals surface area contributed by atoms with Crippen LogP contribution in [0.3, 0.4) is 0 Å². The van der Waals surface area contributed by atoms with E-state index in [-0.39, 0.29) is 22.4 Å². The Labute approximate surface area is 118 Å². The predicted molar refractivity (Wildman–Crippen MR) is 71.8 cm³/mol. The van der Waals surface area contributed by atoms with Gasteiger partial charge in [-0.05, 0) is 6.92 Å². The van der Waals surface area contributed by atoms with E-state index in [0.29, 0.717) is 6.54 Å². The Kier molecular flexibility index (Phi) is 3.94. The van der Waals surface area contributed by atoms with Crippen molar-refractivity contribution in [3.05, 3.63) is 45.6 Å². The number of amides is 1. The van der Waals surface area contributed by atoms with Gasteiger partial charge in [-0.3, -0.25) is 14.9 Å². The van der Waals surface area contributed by atoms with E-state index < -0.39 is 10.8 Å². The van der Waals surface area contributed by atoms with E-state index in [1.165, 1.54) is 29.2 Å². The molecule has 20 heavy (non-hydrogen) atoms. The van der Waals surface area contributed by atoms with E-state index in [2.05, 4.69) is 15.3 Å². The highest BCUT2D eigenvalue weighted by atomic mass is 35.5. The lowest BCUT2D eigenvalue weighted by Crippen LogP contribution is -2.17. The van der Waals surface area contributed by atoms with Gasteiger partial charge in [-0.15, -0.1) is 0 Å². The minimum absolute atomic E-state index is 0.140. The highest BCUT2D eigenvalue weighted by Crippen LogP contribution is 2.17. The van der Waals surface area contributed by atoms with Crippen molar-refractivity contribution in [1.82, 2.24) is 14.5 Å². The Bertz CT molecular complexity index is 653. The molecule has 0 fully saturated rings.